The highest BCUT2D eigenvalue weighted by molar-refractivity contribution is 9.10. The second-order valence-electron chi connectivity index (χ2n) is 4.03. The van der Waals surface area contributed by atoms with Crippen molar-refractivity contribution in [3.63, 3.8) is 0 Å². The molecule has 19 heavy (non-hydrogen) atoms. The Balaban J connectivity index is 2.89. The lowest BCUT2D eigenvalue weighted by Gasteiger charge is -2.11. The first-order valence-electron chi connectivity index (χ1n) is 6.07. The molecular weight excluding hydrogens is 332 g/mol. The van der Waals surface area contributed by atoms with Gasteiger partial charge in [0.25, 0.3) is 0 Å². The third kappa shape index (κ3) is 5.66. The lowest BCUT2D eigenvalue weighted by molar-refractivity contribution is -0.131. The van der Waals surface area contributed by atoms with Crippen LogP contribution in [0, 0.1) is 0 Å². The molecule has 0 spiro atoms. The molecule has 0 saturated carbocycles. The molecule has 1 aromatic carbocycles. The summed E-state index contributed by atoms with van der Waals surface area (Å²) in [6.45, 7) is 2.72. The van der Waals surface area contributed by atoms with Crippen LogP contribution in [-0.4, -0.2) is 17.7 Å². The van der Waals surface area contributed by atoms with Gasteiger partial charge in [-0.05, 0) is 40.6 Å². The summed E-state index contributed by atoms with van der Waals surface area (Å²) >= 11 is 9.34. The van der Waals surface area contributed by atoms with Gasteiger partial charge in [-0.1, -0.05) is 31.4 Å². The number of unbranched alkanes of at least 4 members (excludes halogenated alkanes) is 2. The standard InChI is InChI=1S/C14H16BrClO3/c1-2-3-4-7-19-14-10(5-6-13(17)18)8-11(16)9-12(14)15/h5-6,8-9H,2-4,7H2,1H3,(H,17,18)/b6-5+. The predicted octanol–water partition coefficient (Wildman–Crippen LogP) is 4.77. The second-order valence-corrected chi connectivity index (χ2v) is 5.32. The summed E-state index contributed by atoms with van der Waals surface area (Å²) in [4.78, 5) is 10.6. The lowest BCUT2D eigenvalue weighted by Crippen LogP contribution is -2.00. The first-order valence-corrected chi connectivity index (χ1v) is 7.24. The maximum atomic E-state index is 10.6. The van der Waals surface area contributed by atoms with Gasteiger partial charge < -0.3 is 9.84 Å². The number of halogens is 2. The zero-order chi connectivity index (χ0) is 14.3. The minimum Gasteiger partial charge on any atom is -0.492 e. The Morgan fingerprint density at radius 2 is 2.21 bits per heavy atom. The molecule has 0 atom stereocenters. The normalized spacial score (nSPS) is 10.9. The van der Waals surface area contributed by atoms with Gasteiger partial charge >= 0.3 is 5.97 Å². The van der Waals surface area contributed by atoms with Crippen LogP contribution >= 0.6 is 27.5 Å². The largest absolute Gasteiger partial charge is 0.492 e. The SMILES string of the molecule is CCCCCOc1c(Br)cc(Cl)cc1/C=C/C(=O)O. The number of hydrogen-bond donors (Lipinski definition) is 1. The van der Waals surface area contributed by atoms with Crippen LogP contribution in [0.25, 0.3) is 6.08 Å². The minimum absolute atomic E-state index is 0.526. The summed E-state index contributed by atoms with van der Waals surface area (Å²) in [5, 5.41) is 9.20. The van der Waals surface area contributed by atoms with Crippen LogP contribution in [0.15, 0.2) is 22.7 Å². The van der Waals surface area contributed by atoms with Crippen LogP contribution in [-0.2, 0) is 4.79 Å². The molecule has 104 valence electrons. The second kappa shape index (κ2) is 8.23. The topological polar surface area (TPSA) is 46.5 Å². The third-order valence-electron chi connectivity index (χ3n) is 2.44. The number of hydrogen-bond acceptors (Lipinski definition) is 2. The summed E-state index contributed by atoms with van der Waals surface area (Å²) in [6.07, 6.45) is 5.74. The van der Waals surface area contributed by atoms with Gasteiger partial charge in [-0.3, -0.25) is 0 Å². The molecule has 3 nitrogen and oxygen atoms in total. The highest BCUT2D eigenvalue weighted by Gasteiger charge is 2.08. The van der Waals surface area contributed by atoms with Crippen molar-refractivity contribution in [3.8, 4) is 5.75 Å². The zero-order valence-electron chi connectivity index (χ0n) is 10.7. The van der Waals surface area contributed by atoms with Gasteiger partial charge in [0, 0.05) is 16.7 Å². The van der Waals surface area contributed by atoms with Crippen molar-refractivity contribution in [1.82, 2.24) is 0 Å². The monoisotopic (exact) mass is 346 g/mol. The van der Waals surface area contributed by atoms with Crippen molar-refractivity contribution in [3.05, 3.63) is 33.3 Å². The van der Waals surface area contributed by atoms with Crippen LogP contribution < -0.4 is 4.74 Å². The van der Waals surface area contributed by atoms with E-state index in [0.717, 1.165) is 29.8 Å². The summed E-state index contributed by atoms with van der Waals surface area (Å²) in [6, 6.07) is 3.41. The van der Waals surface area contributed by atoms with Gasteiger partial charge in [0.2, 0.25) is 0 Å². The minimum atomic E-state index is -1.01. The van der Waals surface area contributed by atoms with E-state index in [1.54, 1.807) is 12.1 Å². The van der Waals surface area contributed by atoms with Gasteiger partial charge in [-0.25, -0.2) is 4.79 Å². The van der Waals surface area contributed by atoms with Crippen molar-refractivity contribution in [2.24, 2.45) is 0 Å². The first-order chi connectivity index (χ1) is 9.04. The van der Waals surface area contributed by atoms with Gasteiger partial charge in [0.1, 0.15) is 5.75 Å². The Labute approximate surface area is 126 Å². The van der Waals surface area contributed by atoms with Crippen LogP contribution in [0.5, 0.6) is 5.75 Å². The Hall–Kier alpha value is -1.00. The number of benzene rings is 1. The van der Waals surface area contributed by atoms with Crippen molar-refractivity contribution in [2.45, 2.75) is 26.2 Å². The van der Waals surface area contributed by atoms with Gasteiger partial charge in [-0.15, -0.1) is 0 Å². The molecule has 0 radical (unpaired) electrons. The van der Waals surface area contributed by atoms with E-state index in [2.05, 4.69) is 22.9 Å². The molecule has 0 unspecified atom stereocenters. The Morgan fingerprint density at radius 3 is 2.84 bits per heavy atom. The predicted molar refractivity (Wildman–Crippen MR) is 80.8 cm³/mol. The molecule has 1 rings (SSSR count). The van der Waals surface area contributed by atoms with Crippen LogP contribution in [0.3, 0.4) is 0 Å². The number of aliphatic carboxylic acids is 1. The number of carbonyl (C=O) groups is 1. The molecule has 0 heterocycles. The highest BCUT2D eigenvalue weighted by Crippen LogP contribution is 2.33. The molecule has 0 aromatic heterocycles. The maximum absolute atomic E-state index is 10.6. The summed E-state index contributed by atoms with van der Waals surface area (Å²) in [5.41, 5.74) is 0.651. The molecule has 1 N–H and O–H groups in total. The van der Waals surface area contributed by atoms with E-state index in [1.165, 1.54) is 6.08 Å². The molecule has 0 aliphatic rings. The quantitative estimate of drug-likeness (QED) is 0.571. The van der Waals surface area contributed by atoms with Crippen molar-refractivity contribution in [1.29, 1.82) is 0 Å². The van der Waals surface area contributed by atoms with E-state index < -0.39 is 5.97 Å². The summed E-state index contributed by atoms with van der Waals surface area (Å²) < 4.78 is 6.43. The van der Waals surface area contributed by atoms with E-state index >= 15 is 0 Å². The fraction of sp³-hybridized carbons (Fsp3) is 0.357. The number of rotatable bonds is 7. The van der Waals surface area contributed by atoms with Gasteiger partial charge in [0.05, 0.1) is 11.1 Å². The smallest absolute Gasteiger partial charge is 0.328 e. The molecule has 1 aromatic rings. The Kier molecular flexibility index (Phi) is 6.95. The van der Waals surface area contributed by atoms with Crippen LogP contribution in [0.2, 0.25) is 5.02 Å². The molecule has 0 amide bonds. The van der Waals surface area contributed by atoms with Crippen molar-refractivity contribution < 1.29 is 14.6 Å². The fourth-order valence-corrected chi connectivity index (χ4v) is 2.49. The molecular formula is C14H16BrClO3. The van der Waals surface area contributed by atoms with E-state index in [0.29, 0.717) is 22.9 Å². The summed E-state index contributed by atoms with van der Waals surface area (Å²) in [5.74, 6) is -0.383. The van der Waals surface area contributed by atoms with Gasteiger partial charge in [-0.2, -0.15) is 0 Å². The fourth-order valence-electron chi connectivity index (χ4n) is 1.54. The first kappa shape index (κ1) is 16.1. The highest BCUT2D eigenvalue weighted by atomic mass is 79.9. The van der Waals surface area contributed by atoms with Crippen LogP contribution in [0.1, 0.15) is 31.7 Å². The van der Waals surface area contributed by atoms with E-state index in [4.69, 9.17) is 21.4 Å². The number of carboxylic acids is 1. The number of ether oxygens (including phenoxy) is 1. The zero-order valence-corrected chi connectivity index (χ0v) is 13.0. The lowest BCUT2D eigenvalue weighted by atomic mass is 10.2. The van der Waals surface area contributed by atoms with E-state index in [-0.39, 0.29) is 0 Å². The van der Waals surface area contributed by atoms with Crippen molar-refractivity contribution >= 4 is 39.6 Å². The maximum Gasteiger partial charge on any atom is 0.328 e. The molecule has 0 saturated heterocycles. The molecule has 0 aliphatic carbocycles. The van der Waals surface area contributed by atoms with Crippen LogP contribution in [0.4, 0.5) is 0 Å². The Morgan fingerprint density at radius 1 is 1.47 bits per heavy atom. The van der Waals surface area contributed by atoms with E-state index in [1.807, 2.05) is 0 Å². The van der Waals surface area contributed by atoms with Gasteiger partial charge in [0.15, 0.2) is 0 Å². The van der Waals surface area contributed by atoms with Crippen molar-refractivity contribution in [2.75, 3.05) is 6.61 Å². The molecule has 0 fully saturated rings. The Bertz CT molecular complexity index is 472. The molecule has 5 heteroatoms. The average Bonchev–Trinajstić information content (AvgIpc) is 2.34. The average molecular weight is 348 g/mol. The number of carboxylic acid groups (broad SMARTS) is 1. The molecule has 0 aliphatic heterocycles. The van der Waals surface area contributed by atoms with E-state index in [9.17, 15) is 4.79 Å². The molecule has 0 bridgehead atoms. The summed E-state index contributed by atoms with van der Waals surface area (Å²) in [7, 11) is 0. The third-order valence-corrected chi connectivity index (χ3v) is 3.24.